The first-order valence-corrected chi connectivity index (χ1v) is 19.7. The van der Waals surface area contributed by atoms with Crippen molar-refractivity contribution in [3.05, 3.63) is 0 Å². The van der Waals surface area contributed by atoms with Crippen LogP contribution in [0.2, 0.25) is 0 Å². The Labute approximate surface area is 356 Å². The summed E-state index contributed by atoms with van der Waals surface area (Å²) in [7, 11) is 21.4. The highest BCUT2D eigenvalue weighted by Gasteiger charge is 2.46. The minimum Gasteiger partial charge on any atom is -0.382 e. The normalized spacial score (nSPS) is 27.0. The fourth-order valence-corrected chi connectivity index (χ4v) is 6.88. The number of phosphoric ester groups is 2. The summed E-state index contributed by atoms with van der Waals surface area (Å²) in [6, 6.07) is -1.66. The second-order valence-corrected chi connectivity index (χ2v) is 12.9. The van der Waals surface area contributed by atoms with E-state index in [1.165, 1.54) is 35.6 Å². The smallest absolute Gasteiger partial charge is 0.382 e. The molecule has 3 aliphatic rings. The number of ether oxygens (including phenoxy) is 5. The van der Waals surface area contributed by atoms with E-state index in [1.54, 1.807) is 0 Å². The molecule has 0 spiro atoms. The Balaban J connectivity index is -0.000000155. The van der Waals surface area contributed by atoms with Crippen LogP contribution >= 0.6 is 15.6 Å². The quantitative estimate of drug-likeness (QED) is 0.102. The van der Waals surface area contributed by atoms with Gasteiger partial charge in [-0.15, -0.1) is 0 Å². The maximum Gasteiger partial charge on any atom is 0.474 e. The monoisotopic (exact) mass is 846 g/mol. The topological polar surface area (TPSA) is 136 Å². The first-order valence-electron chi connectivity index (χ1n) is 16.8. The van der Waals surface area contributed by atoms with Crippen LogP contribution in [-0.2, 0) is 60.0 Å². The average molecular weight is 845 g/mol. The van der Waals surface area contributed by atoms with Gasteiger partial charge in [-0.25, -0.2) is 9.13 Å². The Morgan fingerprint density at radius 1 is 0.607 bits per heavy atom. The third kappa shape index (κ3) is 27.3. The van der Waals surface area contributed by atoms with E-state index in [0.717, 1.165) is 0 Å². The molecule has 21 heteroatoms. The maximum absolute atomic E-state index is 13.4. The summed E-state index contributed by atoms with van der Waals surface area (Å²) in [6.45, 7) is 14.9. The Kier molecular flexibility index (Phi) is 64.5. The second kappa shape index (κ2) is 44.9. The van der Waals surface area contributed by atoms with Crippen molar-refractivity contribution >= 4 is 60.4 Å². The van der Waals surface area contributed by atoms with E-state index < -0.39 is 70.7 Å². The van der Waals surface area contributed by atoms with Crippen molar-refractivity contribution in [2.75, 3.05) is 48.3 Å². The molecule has 0 aromatic heterocycles. The van der Waals surface area contributed by atoms with Crippen LogP contribution in [0.15, 0.2) is 0 Å². The van der Waals surface area contributed by atoms with Crippen LogP contribution < -0.4 is 0 Å². The van der Waals surface area contributed by atoms with Crippen molar-refractivity contribution in [1.29, 1.82) is 0 Å². The highest BCUT2D eigenvalue weighted by molar-refractivity contribution is 7.48. The average Bonchev–Trinajstić information content (AvgIpc) is 3.82. The molecule has 0 bridgehead atoms. The Morgan fingerprint density at radius 2 is 1.00 bits per heavy atom. The lowest BCUT2D eigenvalue weighted by atomic mass is 9.16. The zero-order valence-corrected chi connectivity index (χ0v) is 32.9. The van der Waals surface area contributed by atoms with E-state index in [1.807, 2.05) is 55.4 Å². The lowest BCUT2D eigenvalue weighted by molar-refractivity contribution is -0.0411. The van der Waals surface area contributed by atoms with Crippen LogP contribution in [0.3, 0.4) is 0 Å². The van der Waals surface area contributed by atoms with Crippen LogP contribution in [0, 0.1) is 0 Å². The summed E-state index contributed by atoms with van der Waals surface area (Å²) in [5.74, 6) is 0. The lowest BCUT2D eigenvalue weighted by Gasteiger charge is -2.27. The van der Waals surface area contributed by atoms with Crippen LogP contribution in [0.1, 0.15) is 134 Å². The molecule has 9 radical (unpaired) electrons. The van der Waals surface area contributed by atoms with Crippen LogP contribution in [0.5, 0.6) is 0 Å². The van der Waals surface area contributed by atoms with Gasteiger partial charge in [-0.05, 0) is 19.3 Å². The standard InChI is InChI=1S/C19H33B6O13P2.4C2H6.8CH4/c1-28-8-14-13(7-19(36-14)25(22)23)38-40(27,31-4)33-10-16-12(6-18(24-21)35-16)37-39(26,30-3)32-9-15-11(29-2)5-17(20)34-15;4*1-2;;;;;;;;/h11-19H,5-10H2,1-4H3;4*1-2H3;8*1H4/t11?,12?,13?,14-,15-,16-,17-,18-,19-,39?,40?;;;;;;;;;;;;/m1............/s1. The molecule has 0 aliphatic carbocycles. The molecular weight excluding hydrogens is 755 g/mol. The highest BCUT2D eigenvalue weighted by atomic mass is 31.2. The highest BCUT2D eigenvalue weighted by Crippen LogP contribution is 2.54. The minimum absolute atomic E-state index is 0. The number of rotatable bonds is 17. The SMILES string of the molecule is C.C.C.C.C.C.C.C.CC.CC.CC.CC.[B][B][C@H]1CC(OP(=O)(OC)OC[C@H]2O[C@@H]([B])CC2OC)[C@@H](COP(=O)(OC)OC2C[C@H](B([B])[B])O[C@@H]2COC)O1. The first kappa shape index (κ1) is 80.4. The molecule has 0 saturated carbocycles. The molecule has 3 fully saturated rings. The van der Waals surface area contributed by atoms with Crippen LogP contribution in [-0.4, -0.2) is 148 Å². The van der Waals surface area contributed by atoms with E-state index in [4.69, 9.17) is 81.9 Å². The van der Waals surface area contributed by atoms with Crippen molar-refractivity contribution in [2.45, 2.75) is 189 Å². The zero-order valence-electron chi connectivity index (χ0n) is 31.1. The van der Waals surface area contributed by atoms with E-state index in [2.05, 4.69) is 0 Å². The van der Waals surface area contributed by atoms with Gasteiger partial charge in [-0.2, -0.15) is 0 Å². The molecule has 0 aromatic rings. The molecule has 3 saturated heterocycles. The molecule has 3 aliphatic heterocycles. The van der Waals surface area contributed by atoms with Gasteiger partial charge in [0.15, 0.2) is 0 Å². The molecule has 11 atom stereocenters. The van der Waals surface area contributed by atoms with Gasteiger partial charge < -0.3 is 23.7 Å². The number of methoxy groups -OCH3 is 2. The van der Waals surface area contributed by atoms with Crippen molar-refractivity contribution in [3.63, 3.8) is 0 Å². The predicted octanol–water partition coefficient (Wildman–Crippen LogP) is 8.86. The van der Waals surface area contributed by atoms with E-state index in [0.29, 0.717) is 6.42 Å². The van der Waals surface area contributed by atoms with E-state index >= 15 is 0 Å². The van der Waals surface area contributed by atoms with Gasteiger partial charge in [-0.1, -0.05) is 115 Å². The predicted molar refractivity (Wildman–Crippen MR) is 247 cm³/mol. The number of hydrogen-bond donors (Lipinski definition) is 0. The van der Waals surface area contributed by atoms with E-state index in [-0.39, 0.29) is 98.2 Å². The molecule has 0 amide bonds. The van der Waals surface area contributed by atoms with Crippen molar-refractivity contribution in [1.82, 2.24) is 0 Å². The van der Waals surface area contributed by atoms with Gasteiger partial charge in [-0.3, -0.25) is 27.1 Å². The molecule has 3 heterocycles. The van der Waals surface area contributed by atoms with Gasteiger partial charge >= 0.3 is 15.6 Å². The van der Waals surface area contributed by atoms with E-state index in [9.17, 15) is 9.13 Å². The molecule has 335 valence electrons. The van der Waals surface area contributed by atoms with Gasteiger partial charge in [0, 0.05) is 69.7 Å². The van der Waals surface area contributed by atoms with Gasteiger partial charge in [0.1, 0.15) is 26.2 Å². The largest absolute Gasteiger partial charge is 0.474 e. The number of hydrogen-bond acceptors (Lipinski definition) is 13. The molecule has 5 unspecified atom stereocenters. The maximum atomic E-state index is 13.4. The molecule has 56 heavy (non-hydrogen) atoms. The lowest BCUT2D eigenvalue weighted by Crippen LogP contribution is -2.33. The summed E-state index contributed by atoms with van der Waals surface area (Å²) in [5, 5.41) is 0. The fourth-order valence-electron chi connectivity index (χ4n) is 4.60. The minimum atomic E-state index is -4.14. The second-order valence-electron chi connectivity index (χ2n) is 9.48. The molecule has 0 N–H and O–H groups in total. The van der Waals surface area contributed by atoms with Gasteiger partial charge in [0.25, 0.3) is 0 Å². The molecular formula is C35H89B6O13P2. The Morgan fingerprint density at radius 3 is 1.36 bits per heavy atom. The van der Waals surface area contributed by atoms with Crippen molar-refractivity contribution in [3.8, 4) is 0 Å². The first-order chi connectivity index (χ1) is 23.0. The summed E-state index contributed by atoms with van der Waals surface area (Å²) in [6.07, 6.45) is -3.17. The zero-order chi connectivity index (χ0) is 37.5. The summed E-state index contributed by atoms with van der Waals surface area (Å²) in [5.41, 5.74) is 0. The summed E-state index contributed by atoms with van der Waals surface area (Å²) < 4.78 is 87.0. The summed E-state index contributed by atoms with van der Waals surface area (Å²) >= 11 is 0. The fraction of sp³-hybridized carbons (Fsp3) is 1.00. The van der Waals surface area contributed by atoms with Crippen molar-refractivity contribution < 1.29 is 60.0 Å². The molecule has 0 aromatic carbocycles. The van der Waals surface area contributed by atoms with Crippen LogP contribution in [0.4, 0.5) is 0 Å². The molecule has 3 rings (SSSR count). The van der Waals surface area contributed by atoms with Crippen LogP contribution in [0.25, 0.3) is 0 Å². The Hall–Kier alpha value is 0.410. The molecule has 13 nitrogen and oxygen atoms in total. The Bertz CT molecular complexity index is 894. The summed E-state index contributed by atoms with van der Waals surface area (Å²) in [4.78, 5) is 0. The van der Waals surface area contributed by atoms with Gasteiger partial charge in [0.05, 0.1) is 51.8 Å². The third-order valence-corrected chi connectivity index (χ3v) is 9.62. The van der Waals surface area contributed by atoms with Gasteiger partial charge in [0.2, 0.25) is 0 Å². The van der Waals surface area contributed by atoms with Crippen molar-refractivity contribution in [2.24, 2.45) is 0 Å². The third-order valence-electron chi connectivity index (χ3n) is 6.73. The number of phosphoric acid groups is 2.